The van der Waals surface area contributed by atoms with Gasteiger partial charge in [0.25, 0.3) is 0 Å². The van der Waals surface area contributed by atoms with Crippen molar-refractivity contribution in [3.8, 4) is 0 Å². The number of hydrogen-bond donors (Lipinski definition) is 1. The summed E-state index contributed by atoms with van der Waals surface area (Å²) in [6.07, 6.45) is 0.647. The van der Waals surface area contributed by atoms with Crippen molar-refractivity contribution < 1.29 is 9.53 Å². The molecule has 1 aromatic rings. The number of nitrogens with one attached hydrogen (secondary N) is 1. The normalized spacial score (nSPS) is 19.7. The number of nitrogens with zero attached hydrogens (tertiary/aromatic N) is 1. The molecule has 1 N–H and O–H groups in total. The third kappa shape index (κ3) is 3.74. The molecule has 4 nitrogen and oxygen atoms in total. The van der Waals surface area contributed by atoms with Crippen LogP contribution < -0.4 is 5.32 Å². The van der Waals surface area contributed by atoms with E-state index < -0.39 is 0 Å². The minimum absolute atomic E-state index is 0.0280. The van der Waals surface area contributed by atoms with E-state index in [1.807, 2.05) is 25.1 Å². The minimum Gasteiger partial charge on any atom is -0.445 e. The fourth-order valence-electron chi connectivity index (χ4n) is 2.22. The molecule has 0 saturated carbocycles. The van der Waals surface area contributed by atoms with Gasteiger partial charge in [0.1, 0.15) is 6.10 Å². The maximum absolute atomic E-state index is 11.3. The first-order chi connectivity index (χ1) is 8.78. The number of carbonyl (C=O) groups excluding carboxylic acids is 1. The lowest BCUT2D eigenvalue weighted by Crippen LogP contribution is -2.30. The van der Waals surface area contributed by atoms with Gasteiger partial charge in [-0.25, -0.2) is 4.79 Å². The molecule has 1 unspecified atom stereocenters. The summed E-state index contributed by atoms with van der Waals surface area (Å²) in [6, 6.07) is 10.4. The quantitative estimate of drug-likeness (QED) is 0.886. The Morgan fingerprint density at radius 1 is 1.44 bits per heavy atom. The van der Waals surface area contributed by atoms with Crippen molar-refractivity contribution in [2.24, 2.45) is 0 Å². The second-order valence-corrected chi connectivity index (χ2v) is 4.57. The van der Waals surface area contributed by atoms with Crippen LogP contribution in [0.25, 0.3) is 0 Å². The van der Waals surface area contributed by atoms with E-state index in [9.17, 15) is 4.79 Å². The number of alkyl carbamates (subject to hydrolysis) is 1. The lowest BCUT2D eigenvalue weighted by Gasteiger charge is -2.16. The minimum atomic E-state index is -0.302. The van der Waals surface area contributed by atoms with Crippen LogP contribution in [0.1, 0.15) is 18.9 Å². The molecule has 0 spiro atoms. The zero-order valence-corrected chi connectivity index (χ0v) is 10.8. The van der Waals surface area contributed by atoms with Crippen LogP contribution in [0.4, 0.5) is 4.79 Å². The van der Waals surface area contributed by atoms with Crippen molar-refractivity contribution in [3.63, 3.8) is 0 Å². The molecule has 0 radical (unpaired) electrons. The second-order valence-electron chi connectivity index (χ2n) is 4.57. The number of likely N-dealkylation sites (tertiary alicyclic amines) is 1. The zero-order valence-electron chi connectivity index (χ0n) is 10.8. The Morgan fingerprint density at radius 2 is 2.22 bits per heavy atom. The highest BCUT2D eigenvalue weighted by Crippen LogP contribution is 2.15. The average molecular weight is 248 g/mol. The summed E-state index contributed by atoms with van der Waals surface area (Å²) >= 11 is 0. The van der Waals surface area contributed by atoms with Crippen molar-refractivity contribution in [2.45, 2.75) is 26.0 Å². The predicted octanol–water partition coefficient (Wildman–Crippen LogP) is 2.01. The van der Waals surface area contributed by atoms with E-state index in [0.29, 0.717) is 6.54 Å². The molecule has 0 aliphatic carbocycles. The van der Waals surface area contributed by atoms with Crippen LogP contribution in [0.15, 0.2) is 30.3 Å². The Bertz CT molecular complexity index is 381. The fraction of sp³-hybridized carbons (Fsp3) is 0.500. The van der Waals surface area contributed by atoms with Crippen LogP contribution in [0, 0.1) is 0 Å². The third-order valence-electron chi connectivity index (χ3n) is 3.07. The van der Waals surface area contributed by atoms with E-state index >= 15 is 0 Å². The Balaban J connectivity index is 1.76. The van der Waals surface area contributed by atoms with Gasteiger partial charge >= 0.3 is 6.09 Å². The Labute approximate surface area is 108 Å². The Kier molecular flexibility index (Phi) is 4.59. The van der Waals surface area contributed by atoms with E-state index in [2.05, 4.69) is 22.3 Å². The standard InChI is InChI=1S/C14H20N2O2/c1-2-15-14(17)18-13-8-9-16(11-13)10-12-6-4-3-5-7-12/h3-7,13H,2,8-11H2,1H3,(H,15,17). The molecule has 1 aliphatic rings. The van der Waals surface area contributed by atoms with E-state index in [-0.39, 0.29) is 12.2 Å². The average Bonchev–Trinajstić information content (AvgIpc) is 2.78. The number of rotatable bonds is 4. The topological polar surface area (TPSA) is 41.6 Å². The zero-order chi connectivity index (χ0) is 12.8. The molecular formula is C14H20N2O2. The maximum Gasteiger partial charge on any atom is 0.407 e. The van der Waals surface area contributed by atoms with Crippen molar-refractivity contribution in [1.29, 1.82) is 0 Å². The highest BCUT2D eigenvalue weighted by Gasteiger charge is 2.25. The summed E-state index contributed by atoms with van der Waals surface area (Å²) in [5, 5.41) is 2.66. The molecule has 1 fully saturated rings. The molecule has 1 aromatic carbocycles. The smallest absolute Gasteiger partial charge is 0.407 e. The van der Waals surface area contributed by atoms with Gasteiger partial charge in [-0.2, -0.15) is 0 Å². The predicted molar refractivity (Wildman–Crippen MR) is 70.3 cm³/mol. The molecule has 1 heterocycles. The van der Waals surface area contributed by atoms with Gasteiger partial charge in [0, 0.05) is 26.2 Å². The number of hydrogen-bond acceptors (Lipinski definition) is 3. The van der Waals surface area contributed by atoms with Gasteiger partial charge in [-0.1, -0.05) is 30.3 Å². The van der Waals surface area contributed by atoms with Crippen LogP contribution in [0.3, 0.4) is 0 Å². The molecule has 1 aliphatic heterocycles. The summed E-state index contributed by atoms with van der Waals surface area (Å²) in [6.45, 7) is 5.23. The largest absolute Gasteiger partial charge is 0.445 e. The van der Waals surface area contributed by atoms with Gasteiger partial charge in [-0.15, -0.1) is 0 Å². The SMILES string of the molecule is CCNC(=O)OC1CCN(Cc2ccccc2)C1. The first-order valence-corrected chi connectivity index (χ1v) is 6.48. The van der Waals surface area contributed by atoms with Crippen LogP contribution in [-0.2, 0) is 11.3 Å². The molecule has 1 saturated heterocycles. The van der Waals surface area contributed by atoms with Crippen molar-refractivity contribution in [2.75, 3.05) is 19.6 Å². The van der Waals surface area contributed by atoms with Crippen LogP contribution >= 0.6 is 0 Å². The van der Waals surface area contributed by atoms with E-state index in [1.165, 1.54) is 5.56 Å². The van der Waals surface area contributed by atoms with Crippen molar-refractivity contribution >= 4 is 6.09 Å². The van der Waals surface area contributed by atoms with E-state index in [1.54, 1.807) is 0 Å². The van der Waals surface area contributed by atoms with Crippen LogP contribution in [-0.4, -0.2) is 36.7 Å². The van der Waals surface area contributed by atoms with Crippen molar-refractivity contribution in [3.05, 3.63) is 35.9 Å². The third-order valence-corrected chi connectivity index (χ3v) is 3.07. The first kappa shape index (κ1) is 12.9. The Morgan fingerprint density at radius 3 is 2.94 bits per heavy atom. The van der Waals surface area contributed by atoms with E-state index in [4.69, 9.17) is 4.74 Å². The number of ether oxygens (including phenoxy) is 1. The molecule has 0 aromatic heterocycles. The van der Waals surface area contributed by atoms with Gasteiger partial charge < -0.3 is 10.1 Å². The fourth-order valence-corrected chi connectivity index (χ4v) is 2.22. The molecule has 1 atom stereocenters. The molecule has 4 heteroatoms. The van der Waals surface area contributed by atoms with Gasteiger partial charge in [0.15, 0.2) is 0 Å². The summed E-state index contributed by atoms with van der Waals surface area (Å²) in [7, 11) is 0. The van der Waals surface area contributed by atoms with Gasteiger partial charge in [0.2, 0.25) is 0 Å². The summed E-state index contributed by atoms with van der Waals surface area (Å²) in [5.74, 6) is 0. The lowest BCUT2D eigenvalue weighted by atomic mass is 10.2. The molecule has 18 heavy (non-hydrogen) atoms. The second kappa shape index (κ2) is 6.40. The summed E-state index contributed by atoms with van der Waals surface area (Å²) in [4.78, 5) is 13.6. The number of carbonyl (C=O) groups is 1. The summed E-state index contributed by atoms with van der Waals surface area (Å²) < 4.78 is 5.33. The van der Waals surface area contributed by atoms with Gasteiger partial charge in [-0.3, -0.25) is 4.90 Å². The monoisotopic (exact) mass is 248 g/mol. The number of benzene rings is 1. The first-order valence-electron chi connectivity index (χ1n) is 6.48. The lowest BCUT2D eigenvalue weighted by molar-refractivity contribution is 0.100. The van der Waals surface area contributed by atoms with Crippen molar-refractivity contribution in [1.82, 2.24) is 10.2 Å². The van der Waals surface area contributed by atoms with Gasteiger partial charge in [0.05, 0.1) is 0 Å². The highest BCUT2D eigenvalue weighted by molar-refractivity contribution is 5.67. The molecule has 1 amide bonds. The maximum atomic E-state index is 11.3. The molecule has 0 bridgehead atoms. The van der Waals surface area contributed by atoms with Gasteiger partial charge in [-0.05, 0) is 18.9 Å². The highest BCUT2D eigenvalue weighted by atomic mass is 16.6. The van der Waals surface area contributed by atoms with Crippen LogP contribution in [0.2, 0.25) is 0 Å². The summed E-state index contributed by atoms with van der Waals surface area (Å²) in [5.41, 5.74) is 1.30. The Hall–Kier alpha value is -1.55. The van der Waals surface area contributed by atoms with Crippen LogP contribution in [0.5, 0.6) is 0 Å². The van der Waals surface area contributed by atoms with E-state index in [0.717, 1.165) is 26.1 Å². The molecular weight excluding hydrogens is 228 g/mol. The molecule has 2 rings (SSSR count). The number of amides is 1. The molecule has 98 valence electrons.